The monoisotopic (exact) mass is 318 g/mol. The molecular weight excluding hydrogens is 292 g/mol. The van der Waals surface area contributed by atoms with Crippen LogP contribution in [0.2, 0.25) is 0 Å². The highest BCUT2D eigenvalue weighted by Crippen LogP contribution is 2.27. The van der Waals surface area contributed by atoms with E-state index >= 15 is 0 Å². The van der Waals surface area contributed by atoms with Gasteiger partial charge in [-0.05, 0) is 25.0 Å². The first-order chi connectivity index (χ1) is 11.2. The third kappa shape index (κ3) is 3.57. The summed E-state index contributed by atoms with van der Waals surface area (Å²) in [4.78, 5) is 14.5. The third-order valence-electron chi connectivity index (χ3n) is 4.19. The minimum absolute atomic E-state index is 0.111. The van der Waals surface area contributed by atoms with Crippen LogP contribution in [0, 0.1) is 6.92 Å². The molecule has 1 heterocycles. The first-order valence-corrected chi connectivity index (χ1v) is 8.24. The molecule has 0 saturated heterocycles. The highest BCUT2D eigenvalue weighted by Gasteiger charge is 2.24. The van der Waals surface area contributed by atoms with Crippen molar-refractivity contribution >= 4 is 16.8 Å². The zero-order chi connectivity index (χ0) is 16.8. The van der Waals surface area contributed by atoms with Crippen molar-refractivity contribution < 1.29 is 15.0 Å². The normalized spacial score (nSPS) is 11.1. The Hall–Kier alpha value is -1.85. The summed E-state index contributed by atoms with van der Waals surface area (Å²) in [6.45, 7) is 5.12. The van der Waals surface area contributed by atoms with Crippen molar-refractivity contribution in [2.45, 2.75) is 33.2 Å². The minimum Gasteiger partial charge on any atom is -0.395 e. The second kappa shape index (κ2) is 8.13. The summed E-state index contributed by atoms with van der Waals surface area (Å²) in [5.74, 6) is -0.127. The highest BCUT2D eigenvalue weighted by molar-refractivity contribution is 6.01. The van der Waals surface area contributed by atoms with Crippen LogP contribution in [0.25, 0.3) is 10.9 Å². The van der Waals surface area contributed by atoms with Gasteiger partial charge >= 0.3 is 0 Å². The van der Waals surface area contributed by atoms with Gasteiger partial charge in [0.05, 0.1) is 13.2 Å². The molecule has 2 N–H and O–H groups in total. The van der Waals surface area contributed by atoms with Crippen molar-refractivity contribution in [3.05, 3.63) is 35.5 Å². The summed E-state index contributed by atoms with van der Waals surface area (Å²) >= 11 is 0. The second-order valence-corrected chi connectivity index (χ2v) is 5.74. The van der Waals surface area contributed by atoms with Gasteiger partial charge in [-0.3, -0.25) is 4.79 Å². The summed E-state index contributed by atoms with van der Waals surface area (Å²) in [7, 11) is 0. The smallest absolute Gasteiger partial charge is 0.270 e. The Morgan fingerprint density at radius 3 is 2.43 bits per heavy atom. The van der Waals surface area contributed by atoms with Gasteiger partial charge in [-0.1, -0.05) is 31.5 Å². The number of hydrogen-bond donors (Lipinski definition) is 2. The van der Waals surface area contributed by atoms with Crippen LogP contribution < -0.4 is 0 Å². The van der Waals surface area contributed by atoms with E-state index in [1.54, 1.807) is 0 Å². The number of aryl methyl sites for hydroxylation is 2. The Labute approximate surface area is 137 Å². The molecule has 0 spiro atoms. The van der Waals surface area contributed by atoms with Crippen LogP contribution in [0.3, 0.4) is 0 Å². The van der Waals surface area contributed by atoms with E-state index in [1.165, 1.54) is 4.90 Å². The summed E-state index contributed by atoms with van der Waals surface area (Å²) in [5, 5.41) is 19.5. The number of aliphatic hydroxyl groups is 2. The van der Waals surface area contributed by atoms with E-state index in [2.05, 4.69) is 11.5 Å². The van der Waals surface area contributed by atoms with E-state index in [1.807, 2.05) is 31.2 Å². The number of nitrogens with zero attached hydrogens (tertiary/aromatic N) is 2. The van der Waals surface area contributed by atoms with Gasteiger partial charge in [0.2, 0.25) is 0 Å². The summed E-state index contributed by atoms with van der Waals surface area (Å²) < 4.78 is 2.08. The Morgan fingerprint density at radius 1 is 1.17 bits per heavy atom. The van der Waals surface area contributed by atoms with Crippen LogP contribution in [-0.4, -0.2) is 51.9 Å². The maximum Gasteiger partial charge on any atom is 0.270 e. The number of unbranched alkanes of at least 4 members (excludes halogenated alkanes) is 1. The van der Waals surface area contributed by atoms with Crippen LogP contribution >= 0.6 is 0 Å². The Kier molecular flexibility index (Phi) is 6.19. The lowest BCUT2D eigenvalue weighted by atomic mass is 10.1. The summed E-state index contributed by atoms with van der Waals surface area (Å²) in [5.41, 5.74) is 2.69. The molecule has 0 atom stereocenters. The fourth-order valence-electron chi connectivity index (χ4n) is 3.01. The van der Waals surface area contributed by atoms with Crippen LogP contribution in [0.1, 0.15) is 35.8 Å². The average molecular weight is 318 g/mol. The van der Waals surface area contributed by atoms with Crippen LogP contribution in [0.5, 0.6) is 0 Å². The van der Waals surface area contributed by atoms with Gasteiger partial charge in [-0.25, -0.2) is 0 Å². The van der Waals surface area contributed by atoms with E-state index in [4.69, 9.17) is 0 Å². The van der Waals surface area contributed by atoms with Crippen molar-refractivity contribution in [1.29, 1.82) is 0 Å². The third-order valence-corrected chi connectivity index (χ3v) is 4.19. The lowest BCUT2D eigenvalue weighted by molar-refractivity contribution is 0.0673. The molecule has 0 aliphatic carbocycles. The molecule has 2 aromatic rings. The maximum absolute atomic E-state index is 13.0. The predicted molar refractivity (Wildman–Crippen MR) is 91.7 cm³/mol. The van der Waals surface area contributed by atoms with Crippen molar-refractivity contribution in [1.82, 2.24) is 9.47 Å². The van der Waals surface area contributed by atoms with E-state index in [0.717, 1.165) is 35.9 Å². The SMILES string of the molecule is CCCCn1c(C(=O)N(CCO)CCO)c(C)c2ccccc21. The molecule has 0 aliphatic heterocycles. The van der Waals surface area contributed by atoms with Gasteiger partial charge < -0.3 is 19.7 Å². The number of hydrogen-bond acceptors (Lipinski definition) is 3. The molecule has 1 aromatic carbocycles. The molecule has 5 heteroatoms. The standard InChI is InChI=1S/C18H26N2O3/c1-3-4-9-20-16-8-6-5-7-15(16)14(2)17(20)18(23)19(10-12-21)11-13-22/h5-8,21-22H,3-4,9-13H2,1-2H3. The molecule has 0 unspecified atom stereocenters. The zero-order valence-electron chi connectivity index (χ0n) is 14.0. The fourth-order valence-corrected chi connectivity index (χ4v) is 3.01. The van der Waals surface area contributed by atoms with Gasteiger partial charge in [-0.2, -0.15) is 0 Å². The molecule has 0 fully saturated rings. The number of aromatic nitrogens is 1. The molecule has 126 valence electrons. The van der Waals surface area contributed by atoms with Gasteiger partial charge in [0, 0.05) is 30.5 Å². The molecule has 1 aromatic heterocycles. The molecule has 1 amide bonds. The topological polar surface area (TPSA) is 65.7 Å². The van der Waals surface area contributed by atoms with Gasteiger partial charge in [-0.15, -0.1) is 0 Å². The summed E-state index contributed by atoms with van der Waals surface area (Å²) in [6.07, 6.45) is 2.05. The first-order valence-electron chi connectivity index (χ1n) is 8.24. The number of rotatable bonds is 8. The molecule has 0 aliphatic rings. The molecule has 0 saturated carbocycles. The van der Waals surface area contributed by atoms with Gasteiger partial charge in [0.15, 0.2) is 0 Å². The maximum atomic E-state index is 13.0. The number of aliphatic hydroxyl groups excluding tert-OH is 2. The predicted octanol–water partition coefficient (Wildman–Crippen LogP) is 2.18. The number of amides is 1. The molecule has 2 rings (SSSR count). The number of carbonyl (C=O) groups excluding carboxylic acids is 1. The lowest BCUT2D eigenvalue weighted by Gasteiger charge is -2.22. The minimum atomic E-state index is -0.127. The zero-order valence-corrected chi connectivity index (χ0v) is 14.0. The molecule has 0 bridgehead atoms. The van der Waals surface area contributed by atoms with Crippen molar-refractivity contribution in [2.24, 2.45) is 0 Å². The van der Waals surface area contributed by atoms with Crippen molar-refractivity contribution in [2.75, 3.05) is 26.3 Å². The fraction of sp³-hybridized carbons (Fsp3) is 0.500. The van der Waals surface area contributed by atoms with Crippen LogP contribution in [0.4, 0.5) is 0 Å². The average Bonchev–Trinajstić information content (AvgIpc) is 2.85. The number of fused-ring (bicyclic) bond motifs is 1. The molecule has 23 heavy (non-hydrogen) atoms. The molecule has 5 nitrogen and oxygen atoms in total. The van der Waals surface area contributed by atoms with E-state index < -0.39 is 0 Å². The largest absolute Gasteiger partial charge is 0.395 e. The quantitative estimate of drug-likeness (QED) is 0.784. The number of para-hydroxylation sites is 1. The second-order valence-electron chi connectivity index (χ2n) is 5.74. The van der Waals surface area contributed by atoms with E-state index in [9.17, 15) is 15.0 Å². The molecule has 0 radical (unpaired) electrons. The Morgan fingerprint density at radius 2 is 1.83 bits per heavy atom. The van der Waals surface area contributed by atoms with E-state index in [0.29, 0.717) is 5.69 Å². The van der Waals surface area contributed by atoms with Crippen molar-refractivity contribution in [3.8, 4) is 0 Å². The summed E-state index contributed by atoms with van der Waals surface area (Å²) in [6, 6.07) is 8.04. The first kappa shape index (κ1) is 17.5. The lowest BCUT2D eigenvalue weighted by Crippen LogP contribution is -2.37. The van der Waals surface area contributed by atoms with Gasteiger partial charge in [0.25, 0.3) is 5.91 Å². The molecular formula is C18H26N2O3. The number of benzene rings is 1. The van der Waals surface area contributed by atoms with E-state index in [-0.39, 0.29) is 32.2 Å². The van der Waals surface area contributed by atoms with Crippen LogP contribution in [-0.2, 0) is 6.54 Å². The van der Waals surface area contributed by atoms with Gasteiger partial charge in [0.1, 0.15) is 5.69 Å². The van der Waals surface area contributed by atoms with Crippen LogP contribution in [0.15, 0.2) is 24.3 Å². The Balaban J connectivity index is 2.52. The highest BCUT2D eigenvalue weighted by atomic mass is 16.3. The Bertz CT molecular complexity index is 658. The van der Waals surface area contributed by atoms with Crippen molar-refractivity contribution in [3.63, 3.8) is 0 Å². The number of carbonyl (C=O) groups is 1.